The molecule has 1 amide bonds. The number of rotatable bonds is 11. The Morgan fingerprint density at radius 1 is 0.939 bits per heavy atom. The quantitative estimate of drug-likeness (QED) is 0.427. The molecule has 180 valence electrons. The Kier molecular flexibility index (Phi) is 9.91. The van der Waals surface area contributed by atoms with Crippen molar-refractivity contribution in [2.24, 2.45) is 0 Å². The number of hydrogen-bond donors (Lipinski definition) is 0. The van der Waals surface area contributed by atoms with Gasteiger partial charge in [0.25, 0.3) is 0 Å². The van der Waals surface area contributed by atoms with Crippen LogP contribution in [0.2, 0.25) is 0 Å². The summed E-state index contributed by atoms with van der Waals surface area (Å²) >= 11 is 0. The Labute approximate surface area is 196 Å². The summed E-state index contributed by atoms with van der Waals surface area (Å²) in [5.74, 6) is 2.66. The van der Waals surface area contributed by atoms with Gasteiger partial charge >= 0.3 is 6.09 Å². The number of carbonyl (C=O) groups excluding carboxylic acids is 1. The van der Waals surface area contributed by atoms with E-state index in [4.69, 9.17) is 23.7 Å². The second-order valence-corrected chi connectivity index (χ2v) is 7.69. The van der Waals surface area contributed by atoms with Gasteiger partial charge in [0.1, 0.15) is 0 Å². The van der Waals surface area contributed by atoms with Crippen LogP contribution in [0.1, 0.15) is 37.5 Å². The summed E-state index contributed by atoms with van der Waals surface area (Å²) in [7, 11) is 6.57. The molecule has 0 aliphatic carbocycles. The van der Waals surface area contributed by atoms with E-state index in [1.807, 2.05) is 56.3 Å². The Morgan fingerprint density at radius 2 is 1.61 bits per heavy atom. The van der Waals surface area contributed by atoms with Crippen molar-refractivity contribution in [1.29, 1.82) is 0 Å². The lowest BCUT2D eigenvalue weighted by atomic mass is 10.0. The summed E-state index contributed by atoms with van der Waals surface area (Å²) < 4.78 is 27.3. The van der Waals surface area contributed by atoms with Gasteiger partial charge in [-0.15, -0.1) is 0 Å². The maximum Gasteiger partial charge on any atom is 0.409 e. The second kappa shape index (κ2) is 12.6. The molecule has 33 heavy (non-hydrogen) atoms. The fourth-order valence-electron chi connectivity index (χ4n) is 3.25. The Hall–Kier alpha value is -3.35. The van der Waals surface area contributed by atoms with E-state index >= 15 is 0 Å². The number of amides is 1. The molecule has 0 unspecified atom stereocenters. The monoisotopic (exact) mass is 457 g/mol. The molecule has 0 aromatic heterocycles. The average molecular weight is 458 g/mol. The lowest BCUT2D eigenvalue weighted by molar-refractivity contribution is 0.116. The SMILES string of the molecule is CCOC(=O)N(C)CCc1cc(OC)c(OC)cc1/C=C/c1ccc(OC)c(OC(C)C)c1. The van der Waals surface area contributed by atoms with Crippen LogP contribution in [0.15, 0.2) is 30.3 Å². The standard InChI is InChI=1S/C26H35NO6/c1-8-32-26(28)27(4)14-13-21-17-24(31-7)23(30-6)16-20(21)11-9-19-10-12-22(29-5)25(15-19)33-18(2)3/h9-12,15-18H,8,13-14H2,1-7H3/b11-9+. The highest BCUT2D eigenvalue weighted by Gasteiger charge is 2.14. The van der Waals surface area contributed by atoms with Gasteiger partial charge in [-0.05, 0) is 68.1 Å². The van der Waals surface area contributed by atoms with Crippen molar-refractivity contribution in [3.05, 3.63) is 47.0 Å². The first-order chi connectivity index (χ1) is 15.8. The van der Waals surface area contributed by atoms with Gasteiger partial charge in [0.05, 0.1) is 34.0 Å². The van der Waals surface area contributed by atoms with Gasteiger partial charge in [0.15, 0.2) is 23.0 Å². The molecule has 7 heteroatoms. The lowest BCUT2D eigenvalue weighted by Gasteiger charge is -2.18. The smallest absolute Gasteiger partial charge is 0.409 e. The van der Waals surface area contributed by atoms with E-state index in [9.17, 15) is 4.79 Å². The third kappa shape index (κ3) is 7.34. The van der Waals surface area contributed by atoms with Gasteiger partial charge in [-0.2, -0.15) is 0 Å². The van der Waals surface area contributed by atoms with E-state index in [2.05, 4.69) is 0 Å². The molecule has 0 aliphatic heterocycles. The molecule has 0 aliphatic rings. The molecule has 0 N–H and O–H groups in total. The van der Waals surface area contributed by atoms with Gasteiger partial charge in [0.2, 0.25) is 0 Å². The minimum atomic E-state index is -0.342. The average Bonchev–Trinajstić information content (AvgIpc) is 2.80. The number of ether oxygens (including phenoxy) is 5. The van der Waals surface area contributed by atoms with Gasteiger partial charge in [-0.25, -0.2) is 4.79 Å². The summed E-state index contributed by atoms with van der Waals surface area (Å²) in [6.07, 6.45) is 4.34. The molecule has 2 aromatic carbocycles. The molecule has 0 spiro atoms. The second-order valence-electron chi connectivity index (χ2n) is 7.69. The highest BCUT2D eigenvalue weighted by atomic mass is 16.6. The van der Waals surface area contributed by atoms with Gasteiger partial charge in [-0.1, -0.05) is 18.2 Å². The number of nitrogens with zero attached hydrogens (tertiary/aromatic N) is 1. The zero-order chi connectivity index (χ0) is 24.4. The first-order valence-corrected chi connectivity index (χ1v) is 11.0. The number of likely N-dealkylation sites (N-methyl/N-ethyl adjacent to an activating group) is 1. The molecule has 0 bridgehead atoms. The first-order valence-electron chi connectivity index (χ1n) is 11.0. The molecule has 0 fully saturated rings. The van der Waals surface area contributed by atoms with E-state index in [1.165, 1.54) is 0 Å². The number of carbonyl (C=O) groups is 1. The van der Waals surface area contributed by atoms with Crippen LogP contribution in [-0.2, 0) is 11.2 Å². The molecule has 7 nitrogen and oxygen atoms in total. The van der Waals surface area contributed by atoms with E-state index in [1.54, 1.807) is 40.2 Å². The molecule has 2 rings (SSSR count). The molecule has 0 saturated heterocycles. The zero-order valence-electron chi connectivity index (χ0n) is 20.6. The topological polar surface area (TPSA) is 66.5 Å². The van der Waals surface area contributed by atoms with Crippen LogP contribution in [-0.4, -0.2) is 58.6 Å². The first kappa shape index (κ1) is 25.9. The fourth-order valence-corrected chi connectivity index (χ4v) is 3.25. The fraction of sp³-hybridized carbons (Fsp3) is 0.423. The van der Waals surface area contributed by atoms with Crippen LogP contribution in [0.5, 0.6) is 23.0 Å². The summed E-state index contributed by atoms with van der Waals surface area (Å²) in [6, 6.07) is 9.69. The van der Waals surface area contributed by atoms with Crippen molar-refractivity contribution in [2.45, 2.75) is 33.3 Å². The van der Waals surface area contributed by atoms with E-state index in [0.717, 1.165) is 16.7 Å². The van der Waals surface area contributed by atoms with Crippen molar-refractivity contribution in [2.75, 3.05) is 41.5 Å². The van der Waals surface area contributed by atoms with Gasteiger partial charge in [-0.3, -0.25) is 0 Å². The lowest BCUT2D eigenvalue weighted by Crippen LogP contribution is -2.29. The van der Waals surface area contributed by atoms with Gasteiger partial charge in [0, 0.05) is 13.6 Å². The maximum atomic E-state index is 12.0. The van der Waals surface area contributed by atoms with Crippen LogP contribution < -0.4 is 18.9 Å². The maximum absolute atomic E-state index is 12.0. The van der Waals surface area contributed by atoms with Crippen LogP contribution in [0.4, 0.5) is 4.79 Å². The summed E-state index contributed by atoms with van der Waals surface area (Å²) in [4.78, 5) is 13.5. The summed E-state index contributed by atoms with van der Waals surface area (Å²) in [5, 5.41) is 0. The molecule has 0 saturated carbocycles. The van der Waals surface area contributed by atoms with Crippen molar-refractivity contribution in [3.63, 3.8) is 0 Å². The van der Waals surface area contributed by atoms with E-state index in [-0.39, 0.29) is 12.2 Å². The van der Waals surface area contributed by atoms with Crippen molar-refractivity contribution >= 4 is 18.2 Å². The number of benzene rings is 2. The summed E-state index contributed by atoms with van der Waals surface area (Å²) in [5.41, 5.74) is 2.95. The Morgan fingerprint density at radius 3 is 2.21 bits per heavy atom. The molecule has 2 aromatic rings. The van der Waals surface area contributed by atoms with Crippen molar-refractivity contribution in [1.82, 2.24) is 4.90 Å². The molecular formula is C26H35NO6. The third-order valence-electron chi connectivity index (χ3n) is 4.95. The highest BCUT2D eigenvalue weighted by Crippen LogP contribution is 2.33. The molecule has 0 atom stereocenters. The largest absolute Gasteiger partial charge is 0.493 e. The van der Waals surface area contributed by atoms with Gasteiger partial charge < -0.3 is 28.6 Å². The highest BCUT2D eigenvalue weighted by molar-refractivity contribution is 5.74. The summed E-state index contributed by atoms with van der Waals surface area (Å²) in [6.45, 7) is 6.60. The van der Waals surface area contributed by atoms with E-state index in [0.29, 0.717) is 42.6 Å². The Balaban J connectivity index is 2.35. The third-order valence-corrected chi connectivity index (χ3v) is 4.95. The predicted octanol–water partition coefficient (Wildman–Crippen LogP) is 5.30. The minimum Gasteiger partial charge on any atom is -0.493 e. The van der Waals surface area contributed by atoms with E-state index < -0.39 is 0 Å². The van der Waals surface area contributed by atoms with Crippen molar-refractivity contribution < 1.29 is 28.5 Å². The van der Waals surface area contributed by atoms with Crippen LogP contribution in [0, 0.1) is 0 Å². The Bertz CT molecular complexity index is 954. The van der Waals surface area contributed by atoms with Crippen LogP contribution >= 0.6 is 0 Å². The molecular weight excluding hydrogens is 422 g/mol. The normalized spacial score (nSPS) is 10.9. The molecule has 0 heterocycles. The number of hydrogen-bond acceptors (Lipinski definition) is 6. The minimum absolute atomic E-state index is 0.0342. The van der Waals surface area contributed by atoms with Crippen LogP contribution in [0.25, 0.3) is 12.2 Å². The predicted molar refractivity (Wildman–Crippen MR) is 131 cm³/mol. The molecule has 0 radical (unpaired) electrons. The zero-order valence-corrected chi connectivity index (χ0v) is 20.6. The van der Waals surface area contributed by atoms with Crippen LogP contribution in [0.3, 0.4) is 0 Å². The van der Waals surface area contributed by atoms with Crippen molar-refractivity contribution in [3.8, 4) is 23.0 Å². The number of methoxy groups -OCH3 is 3.